The van der Waals surface area contributed by atoms with Crippen molar-refractivity contribution in [2.24, 2.45) is 5.73 Å². The summed E-state index contributed by atoms with van der Waals surface area (Å²) in [4.78, 5) is 15.6. The minimum Gasteiger partial charge on any atom is -0.490 e. The third kappa shape index (κ3) is 4.90. The molecule has 0 saturated heterocycles. The second-order valence-electron chi connectivity index (χ2n) is 7.33. The Bertz CT molecular complexity index is 1100. The fourth-order valence-corrected chi connectivity index (χ4v) is 3.50. The summed E-state index contributed by atoms with van der Waals surface area (Å²) in [5, 5.41) is 13.6. The van der Waals surface area contributed by atoms with E-state index in [-0.39, 0.29) is 25.1 Å². The molecule has 0 amide bonds. The Hall–Kier alpha value is -3.70. The number of hydrogen-bond donors (Lipinski definition) is 1. The van der Waals surface area contributed by atoms with Gasteiger partial charge in [0.25, 0.3) is 5.89 Å². The lowest BCUT2D eigenvalue weighted by molar-refractivity contribution is -0.143. The van der Waals surface area contributed by atoms with E-state index in [0.29, 0.717) is 22.7 Å². The highest BCUT2D eigenvalue weighted by molar-refractivity contribution is 5.71. The lowest BCUT2D eigenvalue weighted by atomic mass is 10.1. The van der Waals surface area contributed by atoms with Gasteiger partial charge in [0.1, 0.15) is 18.4 Å². The molecule has 1 aromatic heterocycles. The zero-order valence-corrected chi connectivity index (χ0v) is 16.9. The number of nitriles is 1. The van der Waals surface area contributed by atoms with Crippen LogP contribution in [-0.4, -0.2) is 28.8 Å². The number of ether oxygens (including phenoxy) is 2. The minimum atomic E-state index is -0.458. The molecule has 3 aromatic rings. The van der Waals surface area contributed by atoms with Crippen LogP contribution >= 0.6 is 0 Å². The number of carbonyl (C=O) groups excluding carboxylic acids is 1. The minimum absolute atomic E-state index is 0.147. The fourth-order valence-electron chi connectivity index (χ4n) is 3.50. The average Bonchev–Trinajstić information content (AvgIpc) is 3.50. The summed E-state index contributed by atoms with van der Waals surface area (Å²) in [5.74, 6) is 0.883. The Morgan fingerprint density at radius 2 is 1.97 bits per heavy atom. The molecule has 0 spiro atoms. The maximum Gasteiger partial charge on any atom is 0.320 e. The quantitative estimate of drug-likeness (QED) is 0.577. The molecule has 0 bridgehead atoms. The number of aromatic nitrogens is 2. The molecule has 8 heteroatoms. The maximum atomic E-state index is 11.2. The third-order valence-electron chi connectivity index (χ3n) is 5.15. The van der Waals surface area contributed by atoms with Gasteiger partial charge in [0.05, 0.1) is 23.8 Å². The summed E-state index contributed by atoms with van der Waals surface area (Å²) >= 11 is 0. The normalized spacial score (nSPS) is 13.7. The van der Waals surface area contributed by atoms with Crippen molar-refractivity contribution in [2.75, 3.05) is 6.54 Å². The molecule has 0 atom stereocenters. The smallest absolute Gasteiger partial charge is 0.320 e. The van der Waals surface area contributed by atoms with Gasteiger partial charge in [0.15, 0.2) is 0 Å². The average molecular weight is 418 g/mol. The van der Waals surface area contributed by atoms with E-state index in [4.69, 9.17) is 19.7 Å². The summed E-state index contributed by atoms with van der Waals surface area (Å²) in [6, 6.07) is 14.7. The summed E-state index contributed by atoms with van der Waals surface area (Å²) in [5.41, 5.74) is 7.76. The van der Waals surface area contributed by atoms with E-state index < -0.39 is 5.97 Å². The number of nitrogens with zero attached hydrogens (tertiary/aromatic N) is 3. The first-order valence-electron chi connectivity index (χ1n) is 10.2. The first-order chi connectivity index (χ1) is 15.2. The van der Waals surface area contributed by atoms with Crippen molar-refractivity contribution in [3.8, 4) is 34.7 Å². The van der Waals surface area contributed by atoms with Gasteiger partial charge in [-0.25, -0.2) is 0 Å². The van der Waals surface area contributed by atoms with Gasteiger partial charge in [-0.3, -0.25) is 4.79 Å². The molecular formula is C23H22N4O4. The van der Waals surface area contributed by atoms with Gasteiger partial charge < -0.3 is 19.7 Å². The van der Waals surface area contributed by atoms with Crippen LogP contribution in [0.1, 0.15) is 36.8 Å². The van der Waals surface area contributed by atoms with Crippen LogP contribution in [0.15, 0.2) is 47.0 Å². The number of esters is 1. The largest absolute Gasteiger partial charge is 0.490 e. The summed E-state index contributed by atoms with van der Waals surface area (Å²) < 4.78 is 16.4. The first-order valence-corrected chi connectivity index (χ1v) is 10.2. The van der Waals surface area contributed by atoms with Crippen LogP contribution in [0.2, 0.25) is 0 Å². The maximum absolute atomic E-state index is 11.2. The number of hydrogen-bond acceptors (Lipinski definition) is 8. The molecule has 1 aliphatic rings. The number of nitrogens with two attached hydrogens (primary N) is 1. The van der Waals surface area contributed by atoms with E-state index in [1.807, 2.05) is 30.3 Å². The standard InChI is InChI=1S/C23H22N4O4/c24-12-17-11-19(30-18-3-1-2-4-18)9-10-20(17)23-26-22(27-31-23)16-7-5-15(6-8-16)14-29-21(28)13-25/h5-11,18H,1-4,13-14,25H2. The topological polar surface area (TPSA) is 124 Å². The molecular weight excluding hydrogens is 396 g/mol. The Balaban J connectivity index is 1.49. The predicted molar refractivity (Wildman–Crippen MR) is 112 cm³/mol. The summed E-state index contributed by atoms with van der Waals surface area (Å²) in [6.07, 6.45) is 4.67. The van der Waals surface area contributed by atoms with Crippen LogP contribution in [0.25, 0.3) is 22.8 Å². The van der Waals surface area contributed by atoms with Crippen LogP contribution in [-0.2, 0) is 16.1 Å². The Morgan fingerprint density at radius 3 is 2.68 bits per heavy atom. The molecule has 0 aliphatic heterocycles. The second kappa shape index (κ2) is 9.41. The fraction of sp³-hybridized carbons (Fsp3) is 0.304. The van der Waals surface area contributed by atoms with Crippen molar-refractivity contribution in [3.63, 3.8) is 0 Å². The molecule has 2 aromatic carbocycles. The van der Waals surface area contributed by atoms with Crippen molar-refractivity contribution in [2.45, 2.75) is 38.4 Å². The highest BCUT2D eigenvalue weighted by atomic mass is 16.5. The predicted octanol–water partition coefficient (Wildman–Crippen LogP) is 3.60. The highest BCUT2D eigenvalue weighted by Crippen LogP contribution is 2.30. The van der Waals surface area contributed by atoms with Crippen LogP contribution < -0.4 is 10.5 Å². The molecule has 1 saturated carbocycles. The van der Waals surface area contributed by atoms with Gasteiger partial charge in [-0.05, 0) is 49.4 Å². The summed E-state index contributed by atoms with van der Waals surface area (Å²) in [7, 11) is 0. The molecule has 1 heterocycles. The monoisotopic (exact) mass is 418 g/mol. The van der Waals surface area contributed by atoms with E-state index in [1.54, 1.807) is 12.1 Å². The van der Waals surface area contributed by atoms with Gasteiger partial charge in [0.2, 0.25) is 5.82 Å². The molecule has 31 heavy (non-hydrogen) atoms. The van der Waals surface area contributed by atoms with Gasteiger partial charge in [-0.15, -0.1) is 0 Å². The summed E-state index contributed by atoms with van der Waals surface area (Å²) in [6.45, 7) is -0.00327. The Labute approximate surface area is 179 Å². The van der Waals surface area contributed by atoms with Crippen LogP contribution in [0.3, 0.4) is 0 Å². The molecule has 8 nitrogen and oxygen atoms in total. The molecule has 4 rings (SSSR count). The zero-order chi connectivity index (χ0) is 21.6. The van der Waals surface area contributed by atoms with E-state index in [9.17, 15) is 10.1 Å². The van der Waals surface area contributed by atoms with Crippen LogP contribution in [0.4, 0.5) is 0 Å². The molecule has 0 radical (unpaired) electrons. The van der Waals surface area contributed by atoms with Gasteiger partial charge >= 0.3 is 5.97 Å². The van der Waals surface area contributed by atoms with Gasteiger partial charge in [-0.2, -0.15) is 10.2 Å². The molecule has 0 unspecified atom stereocenters. The SMILES string of the molecule is N#Cc1cc(OC2CCCC2)ccc1-c1nc(-c2ccc(COC(=O)CN)cc2)no1. The first kappa shape index (κ1) is 20.6. The van der Waals surface area contributed by atoms with Gasteiger partial charge in [0, 0.05) is 5.56 Å². The molecule has 1 aliphatic carbocycles. The van der Waals surface area contributed by atoms with E-state index in [2.05, 4.69) is 16.2 Å². The van der Waals surface area contributed by atoms with Crippen molar-refractivity contribution < 1.29 is 18.8 Å². The van der Waals surface area contributed by atoms with Crippen LogP contribution in [0, 0.1) is 11.3 Å². The van der Waals surface area contributed by atoms with Crippen molar-refractivity contribution in [3.05, 3.63) is 53.6 Å². The van der Waals surface area contributed by atoms with E-state index in [1.165, 1.54) is 12.8 Å². The number of benzene rings is 2. The lowest BCUT2D eigenvalue weighted by Gasteiger charge is -2.13. The number of rotatable bonds is 7. The van der Waals surface area contributed by atoms with E-state index >= 15 is 0 Å². The van der Waals surface area contributed by atoms with Crippen molar-refractivity contribution in [1.29, 1.82) is 5.26 Å². The highest BCUT2D eigenvalue weighted by Gasteiger charge is 2.19. The van der Waals surface area contributed by atoms with Crippen LogP contribution in [0.5, 0.6) is 5.75 Å². The zero-order valence-electron chi connectivity index (χ0n) is 16.9. The second-order valence-corrected chi connectivity index (χ2v) is 7.33. The van der Waals surface area contributed by atoms with Crippen molar-refractivity contribution in [1.82, 2.24) is 10.1 Å². The number of carbonyl (C=O) groups is 1. The molecule has 2 N–H and O–H groups in total. The van der Waals surface area contributed by atoms with Crippen molar-refractivity contribution >= 4 is 5.97 Å². The van der Waals surface area contributed by atoms with Gasteiger partial charge in [-0.1, -0.05) is 29.4 Å². The lowest BCUT2D eigenvalue weighted by Crippen LogP contribution is -2.16. The Morgan fingerprint density at radius 1 is 1.19 bits per heavy atom. The third-order valence-corrected chi connectivity index (χ3v) is 5.15. The molecule has 1 fully saturated rings. The molecule has 158 valence electrons. The Kier molecular flexibility index (Phi) is 6.24. The van der Waals surface area contributed by atoms with E-state index in [0.717, 1.165) is 24.0 Å².